The zero-order chi connectivity index (χ0) is 18.8. The zero-order valence-corrected chi connectivity index (χ0v) is 14.5. The molecule has 27 heavy (non-hydrogen) atoms. The van der Waals surface area contributed by atoms with Crippen LogP contribution in [0.1, 0.15) is 13.0 Å². The minimum Gasteiger partial charge on any atom is -0.454 e. The first kappa shape index (κ1) is 16.8. The molecule has 8 nitrogen and oxygen atoms in total. The lowest BCUT2D eigenvalue weighted by Crippen LogP contribution is -2.33. The van der Waals surface area contributed by atoms with Crippen LogP contribution in [0.2, 0.25) is 0 Å². The molecule has 0 aliphatic carbocycles. The second kappa shape index (κ2) is 6.91. The lowest BCUT2D eigenvalue weighted by Gasteiger charge is -2.15. The number of nitrogens with one attached hydrogen (secondary N) is 1. The lowest BCUT2D eigenvalue weighted by molar-refractivity contribution is -0.119. The Kier molecular flexibility index (Phi) is 4.29. The molecular formula is C19H16N4O4. The first-order valence-corrected chi connectivity index (χ1v) is 8.32. The van der Waals surface area contributed by atoms with E-state index < -0.39 is 6.04 Å². The fourth-order valence-corrected chi connectivity index (χ4v) is 2.71. The molecule has 3 aromatic rings. The third-order valence-corrected chi connectivity index (χ3v) is 4.19. The quantitative estimate of drug-likeness (QED) is 0.763. The molecule has 0 spiro atoms. The summed E-state index contributed by atoms with van der Waals surface area (Å²) in [5.41, 5.74) is 1.58. The molecule has 3 heterocycles. The van der Waals surface area contributed by atoms with Crippen LogP contribution in [0, 0.1) is 0 Å². The number of ether oxygens (including phenoxy) is 2. The van der Waals surface area contributed by atoms with Crippen molar-refractivity contribution in [2.75, 3.05) is 12.1 Å². The third-order valence-electron chi connectivity index (χ3n) is 4.19. The molecule has 0 radical (unpaired) electrons. The maximum Gasteiger partial charge on any atom is 0.267 e. The highest BCUT2D eigenvalue weighted by molar-refractivity contribution is 5.93. The standard InChI is InChI=1S/C19H16N4O4/c1-12(19(25)21-14-2-4-16-17(10-14)27-11-26-16)23-18(24)5-3-15(22-23)13-6-8-20-9-7-13/h2-10,12H,11H2,1H3,(H,21,25). The number of benzene rings is 1. The molecule has 136 valence electrons. The van der Waals surface area contributed by atoms with E-state index in [0.717, 1.165) is 10.2 Å². The molecule has 1 unspecified atom stereocenters. The number of nitrogens with zero attached hydrogens (tertiary/aromatic N) is 3. The number of aromatic nitrogens is 3. The van der Waals surface area contributed by atoms with Crippen molar-refractivity contribution in [1.29, 1.82) is 0 Å². The van der Waals surface area contributed by atoms with Crippen molar-refractivity contribution >= 4 is 11.6 Å². The summed E-state index contributed by atoms with van der Waals surface area (Å²) in [6.45, 7) is 1.78. The van der Waals surface area contributed by atoms with E-state index in [2.05, 4.69) is 15.4 Å². The summed E-state index contributed by atoms with van der Waals surface area (Å²) in [5.74, 6) is 0.828. The summed E-state index contributed by atoms with van der Waals surface area (Å²) < 4.78 is 11.7. The molecule has 1 amide bonds. The summed E-state index contributed by atoms with van der Waals surface area (Å²) in [4.78, 5) is 28.8. The molecule has 2 aromatic heterocycles. The largest absolute Gasteiger partial charge is 0.454 e. The van der Waals surface area contributed by atoms with E-state index in [1.165, 1.54) is 6.07 Å². The Labute approximate surface area is 154 Å². The first-order chi connectivity index (χ1) is 13.1. The number of carbonyl (C=O) groups is 1. The molecule has 8 heteroatoms. The number of pyridine rings is 1. The van der Waals surface area contributed by atoms with Gasteiger partial charge < -0.3 is 14.8 Å². The monoisotopic (exact) mass is 364 g/mol. The van der Waals surface area contributed by atoms with Crippen LogP contribution in [-0.2, 0) is 4.79 Å². The first-order valence-electron chi connectivity index (χ1n) is 8.32. The molecular weight excluding hydrogens is 348 g/mol. The van der Waals surface area contributed by atoms with Crippen LogP contribution in [0.15, 0.2) is 59.7 Å². The van der Waals surface area contributed by atoms with Crippen LogP contribution >= 0.6 is 0 Å². The van der Waals surface area contributed by atoms with Gasteiger partial charge in [-0.25, -0.2) is 4.68 Å². The number of anilines is 1. The summed E-state index contributed by atoms with van der Waals surface area (Å²) in [7, 11) is 0. The summed E-state index contributed by atoms with van der Waals surface area (Å²) in [6, 6.07) is 10.9. The number of hydrogen-bond acceptors (Lipinski definition) is 6. The molecule has 1 N–H and O–H groups in total. The number of rotatable bonds is 4. The van der Waals surface area contributed by atoms with Crippen molar-refractivity contribution in [3.05, 3.63) is 65.2 Å². The molecule has 1 aliphatic rings. The third kappa shape index (κ3) is 3.37. The Morgan fingerprint density at radius 1 is 1.11 bits per heavy atom. The van der Waals surface area contributed by atoms with Crippen molar-refractivity contribution < 1.29 is 14.3 Å². The van der Waals surface area contributed by atoms with E-state index in [9.17, 15) is 9.59 Å². The maximum atomic E-state index is 12.6. The topological polar surface area (TPSA) is 95.3 Å². The van der Waals surface area contributed by atoms with E-state index in [1.807, 2.05) is 0 Å². The highest BCUT2D eigenvalue weighted by Gasteiger charge is 2.20. The van der Waals surface area contributed by atoms with Gasteiger partial charge in [-0.15, -0.1) is 0 Å². The van der Waals surface area contributed by atoms with Crippen LogP contribution < -0.4 is 20.3 Å². The molecule has 0 saturated heterocycles. The van der Waals surface area contributed by atoms with Gasteiger partial charge in [0.2, 0.25) is 12.7 Å². The van der Waals surface area contributed by atoms with Gasteiger partial charge in [-0.3, -0.25) is 14.6 Å². The number of fused-ring (bicyclic) bond motifs is 1. The Bertz CT molecular complexity index is 1050. The molecule has 0 bridgehead atoms. The van der Waals surface area contributed by atoms with Crippen molar-refractivity contribution in [2.45, 2.75) is 13.0 Å². The highest BCUT2D eigenvalue weighted by Crippen LogP contribution is 2.34. The fourth-order valence-electron chi connectivity index (χ4n) is 2.71. The van der Waals surface area contributed by atoms with E-state index in [4.69, 9.17) is 9.47 Å². The van der Waals surface area contributed by atoms with Gasteiger partial charge >= 0.3 is 0 Å². The Morgan fingerprint density at radius 2 is 1.89 bits per heavy atom. The van der Waals surface area contributed by atoms with E-state index in [0.29, 0.717) is 22.9 Å². The van der Waals surface area contributed by atoms with Gasteiger partial charge in [0.15, 0.2) is 11.5 Å². The van der Waals surface area contributed by atoms with Gasteiger partial charge in [0.05, 0.1) is 5.69 Å². The van der Waals surface area contributed by atoms with Crippen LogP contribution in [0.5, 0.6) is 11.5 Å². The van der Waals surface area contributed by atoms with Crippen LogP contribution in [0.4, 0.5) is 5.69 Å². The van der Waals surface area contributed by atoms with E-state index >= 15 is 0 Å². The number of amides is 1. The predicted molar refractivity (Wildman–Crippen MR) is 97.6 cm³/mol. The lowest BCUT2D eigenvalue weighted by atomic mass is 10.2. The minimum atomic E-state index is -0.801. The van der Waals surface area contributed by atoms with Gasteiger partial charge in [-0.1, -0.05) is 0 Å². The number of carbonyl (C=O) groups excluding carboxylic acids is 1. The summed E-state index contributed by atoms with van der Waals surface area (Å²) in [6.07, 6.45) is 3.28. The van der Waals surface area contributed by atoms with Crippen LogP contribution in [0.3, 0.4) is 0 Å². The Balaban J connectivity index is 1.57. The van der Waals surface area contributed by atoms with Crippen LogP contribution in [-0.4, -0.2) is 27.5 Å². The van der Waals surface area contributed by atoms with Crippen molar-refractivity contribution in [3.63, 3.8) is 0 Å². The molecule has 4 rings (SSSR count). The fraction of sp³-hybridized carbons (Fsp3) is 0.158. The smallest absolute Gasteiger partial charge is 0.267 e. The predicted octanol–water partition coefficient (Wildman–Crippen LogP) is 2.23. The van der Waals surface area contributed by atoms with Gasteiger partial charge in [0.25, 0.3) is 5.56 Å². The summed E-state index contributed by atoms with van der Waals surface area (Å²) >= 11 is 0. The highest BCUT2D eigenvalue weighted by atomic mass is 16.7. The van der Waals surface area contributed by atoms with Gasteiger partial charge in [0.1, 0.15) is 6.04 Å². The van der Waals surface area contributed by atoms with Crippen molar-refractivity contribution in [2.24, 2.45) is 0 Å². The Morgan fingerprint density at radius 3 is 2.70 bits per heavy atom. The van der Waals surface area contributed by atoms with Crippen molar-refractivity contribution in [3.8, 4) is 22.8 Å². The molecule has 1 atom stereocenters. The van der Waals surface area contributed by atoms with Gasteiger partial charge in [0, 0.05) is 35.8 Å². The average molecular weight is 364 g/mol. The summed E-state index contributed by atoms with van der Waals surface area (Å²) in [5, 5.41) is 7.11. The van der Waals surface area contributed by atoms with Gasteiger partial charge in [-0.05, 0) is 37.3 Å². The van der Waals surface area contributed by atoms with Gasteiger partial charge in [-0.2, -0.15) is 5.10 Å². The average Bonchev–Trinajstić information content (AvgIpc) is 3.16. The molecule has 0 saturated carbocycles. The molecule has 1 aromatic carbocycles. The zero-order valence-electron chi connectivity index (χ0n) is 14.5. The number of hydrogen-bond donors (Lipinski definition) is 1. The normalized spacial score (nSPS) is 13.2. The van der Waals surface area contributed by atoms with E-state index in [1.54, 1.807) is 55.7 Å². The molecule has 1 aliphatic heterocycles. The maximum absolute atomic E-state index is 12.6. The van der Waals surface area contributed by atoms with E-state index in [-0.39, 0.29) is 18.3 Å². The van der Waals surface area contributed by atoms with Crippen molar-refractivity contribution in [1.82, 2.24) is 14.8 Å². The van der Waals surface area contributed by atoms with Crippen LogP contribution in [0.25, 0.3) is 11.3 Å². The minimum absolute atomic E-state index is 0.157. The molecule has 0 fully saturated rings. The second-order valence-corrected chi connectivity index (χ2v) is 5.97. The Hall–Kier alpha value is -3.68. The second-order valence-electron chi connectivity index (χ2n) is 5.97. The SMILES string of the molecule is CC(C(=O)Nc1ccc2c(c1)OCO2)n1nc(-c2ccncc2)ccc1=O.